The van der Waals surface area contributed by atoms with Gasteiger partial charge in [-0.3, -0.25) is 0 Å². The predicted octanol–water partition coefficient (Wildman–Crippen LogP) is 0.403. The molecule has 1 heterocycles. The maximum Gasteiger partial charge on any atom is 0.240 e. The Bertz CT molecular complexity index is 554. The first-order valence-corrected chi connectivity index (χ1v) is 8.20. The van der Waals surface area contributed by atoms with Gasteiger partial charge in [0.2, 0.25) is 10.0 Å². The molecule has 0 unspecified atom stereocenters. The Morgan fingerprint density at radius 3 is 2.65 bits per heavy atom. The van der Waals surface area contributed by atoms with Gasteiger partial charge < -0.3 is 15.0 Å². The van der Waals surface area contributed by atoms with Crippen LogP contribution in [0.25, 0.3) is 0 Å². The molecular weight excluding hydrogens is 278 g/mol. The molecular formula is C13H21N3O3S. The Balaban J connectivity index is 2.38. The van der Waals surface area contributed by atoms with Crippen molar-refractivity contribution in [2.45, 2.75) is 11.8 Å². The molecule has 1 aromatic carbocycles. The van der Waals surface area contributed by atoms with E-state index in [1.807, 2.05) is 0 Å². The van der Waals surface area contributed by atoms with Crippen molar-refractivity contribution in [3.05, 3.63) is 18.2 Å². The Kier molecular flexibility index (Phi) is 4.85. The molecule has 1 aliphatic rings. The van der Waals surface area contributed by atoms with E-state index in [4.69, 9.17) is 4.74 Å². The molecule has 2 rings (SSSR count). The smallest absolute Gasteiger partial charge is 0.240 e. The van der Waals surface area contributed by atoms with Crippen LogP contribution in [0, 0.1) is 0 Å². The minimum absolute atomic E-state index is 0.272. The van der Waals surface area contributed by atoms with Crippen LogP contribution in [0.2, 0.25) is 0 Å². The number of benzene rings is 1. The Morgan fingerprint density at radius 2 is 2.05 bits per heavy atom. The molecule has 7 heteroatoms. The van der Waals surface area contributed by atoms with Crippen LogP contribution >= 0.6 is 0 Å². The monoisotopic (exact) mass is 299 g/mol. The van der Waals surface area contributed by atoms with Gasteiger partial charge in [0.25, 0.3) is 0 Å². The molecule has 2 N–H and O–H groups in total. The summed E-state index contributed by atoms with van der Waals surface area (Å²) in [5.41, 5.74) is 0.827. The third-order valence-electron chi connectivity index (χ3n) is 3.25. The molecule has 1 aliphatic heterocycles. The lowest BCUT2D eigenvalue weighted by molar-refractivity contribution is 0.412. The van der Waals surface area contributed by atoms with Gasteiger partial charge in [0.05, 0.1) is 17.7 Å². The van der Waals surface area contributed by atoms with Gasteiger partial charge in [-0.2, -0.15) is 0 Å². The Morgan fingerprint density at radius 1 is 1.35 bits per heavy atom. The van der Waals surface area contributed by atoms with Gasteiger partial charge >= 0.3 is 0 Å². The van der Waals surface area contributed by atoms with Crippen molar-refractivity contribution in [3.8, 4) is 5.75 Å². The van der Waals surface area contributed by atoms with Crippen LogP contribution in [0.15, 0.2) is 23.1 Å². The molecule has 1 fully saturated rings. The van der Waals surface area contributed by atoms with E-state index in [1.54, 1.807) is 32.2 Å². The van der Waals surface area contributed by atoms with Crippen molar-refractivity contribution in [1.29, 1.82) is 0 Å². The van der Waals surface area contributed by atoms with Gasteiger partial charge in [-0.25, -0.2) is 13.1 Å². The fourth-order valence-electron chi connectivity index (χ4n) is 2.26. The average molecular weight is 299 g/mol. The van der Waals surface area contributed by atoms with E-state index >= 15 is 0 Å². The van der Waals surface area contributed by atoms with Gasteiger partial charge in [0.1, 0.15) is 5.75 Å². The minimum Gasteiger partial charge on any atom is -0.495 e. The van der Waals surface area contributed by atoms with Crippen molar-refractivity contribution in [2.75, 3.05) is 44.7 Å². The molecule has 20 heavy (non-hydrogen) atoms. The zero-order valence-electron chi connectivity index (χ0n) is 11.8. The summed E-state index contributed by atoms with van der Waals surface area (Å²) in [5.74, 6) is 0.697. The maximum absolute atomic E-state index is 12.1. The Hall–Kier alpha value is -1.31. The van der Waals surface area contributed by atoms with Crippen LogP contribution in [0.1, 0.15) is 6.92 Å². The highest BCUT2D eigenvalue weighted by atomic mass is 32.2. The molecule has 0 saturated carbocycles. The van der Waals surface area contributed by atoms with Crippen LogP contribution in [0.5, 0.6) is 5.75 Å². The molecule has 0 aromatic heterocycles. The molecule has 0 atom stereocenters. The molecule has 112 valence electrons. The van der Waals surface area contributed by atoms with Crippen LogP contribution < -0.4 is 19.7 Å². The van der Waals surface area contributed by atoms with E-state index in [9.17, 15) is 8.42 Å². The van der Waals surface area contributed by atoms with Crippen molar-refractivity contribution in [2.24, 2.45) is 0 Å². The number of sulfonamides is 1. The second-order valence-electron chi connectivity index (χ2n) is 4.57. The molecule has 0 aliphatic carbocycles. The summed E-state index contributed by atoms with van der Waals surface area (Å²) in [4.78, 5) is 2.41. The Labute approximate surface area is 120 Å². The molecule has 1 saturated heterocycles. The van der Waals surface area contributed by atoms with E-state index in [1.165, 1.54) is 0 Å². The van der Waals surface area contributed by atoms with Crippen LogP contribution in [-0.2, 0) is 10.0 Å². The van der Waals surface area contributed by atoms with Crippen LogP contribution in [-0.4, -0.2) is 48.3 Å². The quantitative estimate of drug-likeness (QED) is 0.824. The van der Waals surface area contributed by atoms with E-state index in [-0.39, 0.29) is 4.90 Å². The van der Waals surface area contributed by atoms with Crippen molar-refractivity contribution in [1.82, 2.24) is 10.0 Å². The van der Waals surface area contributed by atoms with E-state index in [0.717, 1.165) is 31.9 Å². The van der Waals surface area contributed by atoms with Crippen LogP contribution in [0.4, 0.5) is 5.69 Å². The number of hydrogen-bond donors (Lipinski definition) is 2. The summed E-state index contributed by atoms with van der Waals surface area (Å²) in [6.07, 6.45) is 0. The maximum atomic E-state index is 12.1. The highest BCUT2D eigenvalue weighted by molar-refractivity contribution is 7.89. The lowest BCUT2D eigenvalue weighted by Crippen LogP contribution is -2.43. The van der Waals surface area contributed by atoms with Crippen LogP contribution in [0.3, 0.4) is 0 Å². The molecule has 6 nitrogen and oxygen atoms in total. The first-order chi connectivity index (χ1) is 9.58. The highest BCUT2D eigenvalue weighted by Gasteiger charge is 2.19. The fourth-order valence-corrected chi connectivity index (χ4v) is 3.32. The number of piperazine rings is 1. The number of ether oxygens (including phenoxy) is 1. The lowest BCUT2D eigenvalue weighted by atomic mass is 10.2. The normalized spacial score (nSPS) is 16.2. The zero-order chi connectivity index (χ0) is 14.6. The summed E-state index contributed by atoms with van der Waals surface area (Å²) >= 11 is 0. The standard InChI is InChI=1S/C13H21N3O3S/c1-3-15-20(17,18)11-4-5-13(19-2)12(10-11)16-8-6-14-7-9-16/h4-5,10,14-15H,3,6-9H2,1-2H3. The van der Waals surface area contributed by atoms with Gasteiger partial charge in [-0.05, 0) is 18.2 Å². The number of rotatable bonds is 5. The molecule has 0 bridgehead atoms. The summed E-state index contributed by atoms with van der Waals surface area (Å²) in [7, 11) is -1.85. The summed E-state index contributed by atoms with van der Waals surface area (Å²) in [6.45, 7) is 5.57. The summed E-state index contributed by atoms with van der Waals surface area (Å²) < 4.78 is 32.0. The fraction of sp³-hybridized carbons (Fsp3) is 0.538. The third kappa shape index (κ3) is 3.23. The predicted molar refractivity (Wildman–Crippen MR) is 78.9 cm³/mol. The summed E-state index contributed by atoms with van der Waals surface area (Å²) in [5, 5.41) is 3.27. The van der Waals surface area contributed by atoms with Gasteiger partial charge in [-0.1, -0.05) is 6.92 Å². The van der Waals surface area contributed by atoms with Gasteiger partial charge in [0.15, 0.2) is 0 Å². The topological polar surface area (TPSA) is 70.7 Å². The zero-order valence-corrected chi connectivity index (χ0v) is 12.7. The van der Waals surface area contributed by atoms with E-state index in [2.05, 4.69) is 14.9 Å². The lowest BCUT2D eigenvalue weighted by Gasteiger charge is -2.30. The molecule has 0 amide bonds. The van der Waals surface area contributed by atoms with Gasteiger partial charge in [0, 0.05) is 32.7 Å². The third-order valence-corrected chi connectivity index (χ3v) is 4.80. The molecule has 0 spiro atoms. The number of hydrogen-bond acceptors (Lipinski definition) is 5. The highest BCUT2D eigenvalue weighted by Crippen LogP contribution is 2.31. The number of anilines is 1. The van der Waals surface area contributed by atoms with Crippen molar-refractivity contribution < 1.29 is 13.2 Å². The van der Waals surface area contributed by atoms with Crippen molar-refractivity contribution in [3.63, 3.8) is 0 Å². The first kappa shape index (κ1) is 15.1. The average Bonchev–Trinajstić information content (AvgIpc) is 2.47. The number of nitrogens with zero attached hydrogens (tertiary/aromatic N) is 1. The molecule has 0 radical (unpaired) electrons. The SMILES string of the molecule is CCNS(=O)(=O)c1ccc(OC)c(N2CCNCC2)c1. The number of methoxy groups -OCH3 is 1. The second kappa shape index (κ2) is 6.43. The minimum atomic E-state index is -3.44. The summed E-state index contributed by atoms with van der Waals surface area (Å²) in [6, 6.07) is 4.96. The van der Waals surface area contributed by atoms with Gasteiger partial charge in [-0.15, -0.1) is 0 Å². The largest absolute Gasteiger partial charge is 0.495 e. The number of nitrogens with one attached hydrogen (secondary N) is 2. The van der Waals surface area contributed by atoms with Crippen molar-refractivity contribution >= 4 is 15.7 Å². The van der Waals surface area contributed by atoms with E-state index < -0.39 is 10.0 Å². The molecule has 1 aromatic rings. The van der Waals surface area contributed by atoms with E-state index in [0.29, 0.717) is 12.3 Å². The second-order valence-corrected chi connectivity index (χ2v) is 6.34. The first-order valence-electron chi connectivity index (χ1n) is 6.72.